The van der Waals surface area contributed by atoms with E-state index >= 15 is 0 Å². The van der Waals surface area contributed by atoms with Gasteiger partial charge in [-0.05, 0) is 36.8 Å². The number of Topliss-reactive ketones (excluding diaryl/α,β-unsaturated/α-hetero) is 1. The highest BCUT2D eigenvalue weighted by atomic mass is 16.7. The second-order valence-electron chi connectivity index (χ2n) is 5.64. The Balaban J connectivity index is 1.70. The monoisotopic (exact) mass is 312 g/mol. The summed E-state index contributed by atoms with van der Waals surface area (Å²) in [5.41, 5.74) is 2.54. The number of fused-ring (bicyclic) bond motifs is 2. The Morgan fingerprint density at radius 1 is 1.17 bits per heavy atom. The highest BCUT2D eigenvalue weighted by Crippen LogP contribution is 2.43. The number of carbonyl (C=O) groups is 1. The smallest absolute Gasteiger partial charge is 0.231 e. The number of ether oxygens (including phenoxy) is 4. The molecule has 118 valence electrons. The lowest BCUT2D eigenvalue weighted by atomic mass is 10.0. The number of ketones is 1. The predicted octanol–water partition coefficient (Wildman–Crippen LogP) is 3.30. The van der Waals surface area contributed by atoms with E-state index in [-0.39, 0.29) is 18.7 Å². The zero-order valence-electron chi connectivity index (χ0n) is 12.9. The Morgan fingerprint density at radius 2 is 2.00 bits per heavy atom. The maximum Gasteiger partial charge on any atom is 0.231 e. The number of rotatable bonds is 3. The average molecular weight is 312 g/mol. The molecule has 0 aliphatic carbocycles. The van der Waals surface area contributed by atoms with Crippen molar-refractivity contribution < 1.29 is 23.7 Å². The van der Waals surface area contributed by atoms with E-state index in [1.54, 1.807) is 13.2 Å². The third-order valence-electron chi connectivity index (χ3n) is 4.19. The highest BCUT2D eigenvalue weighted by Gasteiger charge is 2.30. The van der Waals surface area contributed by atoms with Crippen molar-refractivity contribution in [2.45, 2.75) is 19.4 Å². The molecule has 1 atom stereocenters. The van der Waals surface area contributed by atoms with Gasteiger partial charge in [0.25, 0.3) is 0 Å². The van der Waals surface area contributed by atoms with Gasteiger partial charge in [-0.15, -0.1) is 0 Å². The summed E-state index contributed by atoms with van der Waals surface area (Å²) in [6.45, 7) is 1.78. The van der Waals surface area contributed by atoms with Crippen LogP contribution < -0.4 is 18.9 Å². The zero-order chi connectivity index (χ0) is 16.0. The van der Waals surface area contributed by atoms with Crippen molar-refractivity contribution in [1.29, 1.82) is 0 Å². The van der Waals surface area contributed by atoms with Crippen LogP contribution in [0.5, 0.6) is 23.0 Å². The Kier molecular flexibility index (Phi) is 3.15. The fourth-order valence-electron chi connectivity index (χ4n) is 3.01. The molecule has 2 aliphatic rings. The number of hydrogen-bond acceptors (Lipinski definition) is 5. The van der Waals surface area contributed by atoms with Crippen LogP contribution in [0.4, 0.5) is 0 Å². The van der Waals surface area contributed by atoms with Crippen molar-refractivity contribution in [3.63, 3.8) is 0 Å². The second kappa shape index (κ2) is 5.19. The standard InChI is InChI=1S/C18H16O5/c1-10(19)14-8-13(20-2)5-12-7-16(23-18(12)14)11-3-4-15-17(6-11)22-9-21-15/h3-6,8,16H,7,9H2,1-2H3. The third-order valence-corrected chi connectivity index (χ3v) is 4.19. The van der Waals surface area contributed by atoms with Crippen molar-refractivity contribution in [1.82, 2.24) is 0 Å². The molecule has 1 unspecified atom stereocenters. The molecular formula is C18H16O5. The first-order valence-corrected chi connectivity index (χ1v) is 7.44. The van der Waals surface area contributed by atoms with E-state index in [9.17, 15) is 4.79 Å². The van der Waals surface area contributed by atoms with Gasteiger partial charge in [0, 0.05) is 12.0 Å². The van der Waals surface area contributed by atoms with Gasteiger partial charge in [-0.2, -0.15) is 0 Å². The Morgan fingerprint density at radius 3 is 2.78 bits per heavy atom. The normalized spacial score (nSPS) is 17.6. The van der Waals surface area contributed by atoms with Crippen molar-refractivity contribution in [2.24, 2.45) is 0 Å². The van der Waals surface area contributed by atoms with E-state index in [1.807, 2.05) is 24.3 Å². The molecule has 5 heteroatoms. The summed E-state index contributed by atoms with van der Waals surface area (Å²) < 4.78 is 22.1. The van der Waals surface area contributed by atoms with E-state index < -0.39 is 0 Å². The number of benzene rings is 2. The van der Waals surface area contributed by atoms with Gasteiger partial charge in [0.15, 0.2) is 17.3 Å². The second-order valence-corrected chi connectivity index (χ2v) is 5.64. The Hall–Kier alpha value is -2.69. The van der Waals surface area contributed by atoms with Gasteiger partial charge < -0.3 is 18.9 Å². The summed E-state index contributed by atoms with van der Waals surface area (Å²) in [5.74, 6) is 2.76. The van der Waals surface area contributed by atoms with E-state index in [4.69, 9.17) is 18.9 Å². The van der Waals surface area contributed by atoms with Crippen LogP contribution in [-0.4, -0.2) is 19.7 Å². The fraction of sp³-hybridized carbons (Fsp3) is 0.278. The third kappa shape index (κ3) is 2.29. The number of methoxy groups -OCH3 is 1. The molecule has 0 aromatic heterocycles. The van der Waals surface area contributed by atoms with Crippen LogP contribution in [0.25, 0.3) is 0 Å². The van der Waals surface area contributed by atoms with Crippen LogP contribution >= 0.6 is 0 Å². The fourth-order valence-corrected chi connectivity index (χ4v) is 3.01. The highest BCUT2D eigenvalue weighted by molar-refractivity contribution is 5.98. The van der Waals surface area contributed by atoms with Crippen LogP contribution in [-0.2, 0) is 6.42 Å². The first-order valence-electron chi connectivity index (χ1n) is 7.44. The van der Waals surface area contributed by atoms with Crippen molar-refractivity contribution in [2.75, 3.05) is 13.9 Å². The van der Waals surface area contributed by atoms with E-state index in [0.717, 1.165) is 22.6 Å². The molecule has 2 heterocycles. The van der Waals surface area contributed by atoms with Crippen molar-refractivity contribution in [3.05, 3.63) is 47.0 Å². The SMILES string of the molecule is COc1cc2c(c(C(C)=O)c1)OC(c1ccc3c(c1)OCO3)C2. The van der Waals surface area contributed by atoms with Crippen molar-refractivity contribution >= 4 is 5.78 Å². The molecule has 2 aromatic carbocycles. The molecule has 0 fully saturated rings. The topological polar surface area (TPSA) is 54.0 Å². The minimum absolute atomic E-state index is 0.0357. The molecular weight excluding hydrogens is 296 g/mol. The zero-order valence-corrected chi connectivity index (χ0v) is 12.9. The lowest BCUT2D eigenvalue weighted by Crippen LogP contribution is -2.04. The minimum atomic E-state index is -0.148. The molecule has 0 N–H and O–H groups in total. The molecule has 2 aliphatic heterocycles. The molecule has 0 amide bonds. The average Bonchev–Trinajstić information content (AvgIpc) is 3.18. The first kappa shape index (κ1) is 13.9. The molecule has 2 aromatic rings. The molecule has 0 saturated heterocycles. The summed E-state index contributed by atoms with van der Waals surface area (Å²) in [6, 6.07) is 9.44. The number of hydrogen-bond donors (Lipinski definition) is 0. The van der Waals surface area contributed by atoms with Gasteiger partial charge in [-0.1, -0.05) is 6.07 Å². The van der Waals surface area contributed by atoms with Crippen LogP contribution in [0.1, 0.15) is 34.5 Å². The number of carbonyl (C=O) groups excluding carboxylic acids is 1. The Labute approximate surface area is 133 Å². The molecule has 0 saturated carbocycles. The summed E-state index contributed by atoms with van der Waals surface area (Å²) in [4.78, 5) is 11.9. The van der Waals surface area contributed by atoms with Crippen molar-refractivity contribution in [3.8, 4) is 23.0 Å². The summed E-state index contributed by atoms with van der Waals surface area (Å²) in [7, 11) is 1.59. The van der Waals surface area contributed by atoms with Crippen LogP contribution in [0.3, 0.4) is 0 Å². The van der Waals surface area contributed by atoms with Gasteiger partial charge in [0.2, 0.25) is 6.79 Å². The molecule has 23 heavy (non-hydrogen) atoms. The summed E-state index contributed by atoms with van der Waals surface area (Å²) >= 11 is 0. The maximum atomic E-state index is 11.9. The van der Waals surface area contributed by atoms with Gasteiger partial charge in [0.05, 0.1) is 12.7 Å². The molecule has 0 bridgehead atoms. The summed E-state index contributed by atoms with van der Waals surface area (Å²) in [5, 5.41) is 0. The van der Waals surface area contributed by atoms with Crippen LogP contribution in [0.15, 0.2) is 30.3 Å². The predicted molar refractivity (Wildman–Crippen MR) is 82.6 cm³/mol. The van der Waals surface area contributed by atoms with Gasteiger partial charge >= 0.3 is 0 Å². The van der Waals surface area contributed by atoms with Crippen LogP contribution in [0, 0.1) is 0 Å². The van der Waals surface area contributed by atoms with E-state index in [1.165, 1.54) is 6.92 Å². The molecule has 4 rings (SSSR count). The minimum Gasteiger partial charge on any atom is -0.497 e. The quantitative estimate of drug-likeness (QED) is 0.814. The van der Waals surface area contributed by atoms with E-state index in [0.29, 0.717) is 23.5 Å². The summed E-state index contributed by atoms with van der Waals surface area (Å²) in [6.07, 6.45) is 0.539. The maximum absolute atomic E-state index is 11.9. The molecule has 0 radical (unpaired) electrons. The van der Waals surface area contributed by atoms with Gasteiger partial charge in [0.1, 0.15) is 17.6 Å². The lowest BCUT2D eigenvalue weighted by molar-refractivity contribution is 0.101. The van der Waals surface area contributed by atoms with Crippen LogP contribution in [0.2, 0.25) is 0 Å². The molecule has 5 nitrogen and oxygen atoms in total. The first-order chi connectivity index (χ1) is 11.2. The van der Waals surface area contributed by atoms with E-state index in [2.05, 4.69) is 0 Å². The van der Waals surface area contributed by atoms with Gasteiger partial charge in [-0.3, -0.25) is 4.79 Å². The Bertz CT molecular complexity index is 796. The largest absolute Gasteiger partial charge is 0.497 e. The molecule has 0 spiro atoms. The van der Waals surface area contributed by atoms with Gasteiger partial charge in [-0.25, -0.2) is 0 Å². The lowest BCUT2D eigenvalue weighted by Gasteiger charge is -2.13.